The van der Waals surface area contributed by atoms with Gasteiger partial charge in [-0.05, 0) is 42.0 Å². The quantitative estimate of drug-likeness (QED) is 0.504. The molecule has 0 aliphatic carbocycles. The van der Waals surface area contributed by atoms with Crippen molar-refractivity contribution in [2.75, 3.05) is 14.2 Å². The average Bonchev–Trinajstić information content (AvgIpc) is 2.54. The molecule has 0 heterocycles. The number of ether oxygens (including phenoxy) is 2. The molecule has 0 amide bonds. The van der Waals surface area contributed by atoms with Gasteiger partial charge in [0, 0.05) is 5.56 Å². The first-order valence-corrected chi connectivity index (χ1v) is 6.51. The number of rotatable bonds is 5. The predicted molar refractivity (Wildman–Crippen MR) is 82.7 cm³/mol. The molecular weight excluding hydrogens is 284 g/mol. The third-order valence-corrected chi connectivity index (χ3v) is 3.09. The van der Waals surface area contributed by atoms with Crippen molar-refractivity contribution in [1.82, 2.24) is 0 Å². The first-order valence-electron chi connectivity index (χ1n) is 6.51. The van der Waals surface area contributed by atoms with Gasteiger partial charge in [0.25, 0.3) is 0 Å². The van der Waals surface area contributed by atoms with Gasteiger partial charge in [-0.2, -0.15) is 0 Å². The molecule has 0 spiro atoms. The molecule has 114 valence electrons. The van der Waals surface area contributed by atoms with E-state index >= 15 is 0 Å². The van der Waals surface area contributed by atoms with Crippen molar-refractivity contribution in [2.24, 2.45) is 0 Å². The lowest BCUT2D eigenvalue weighted by atomic mass is 10.1. The minimum Gasteiger partial charge on any atom is -0.504 e. The number of carbonyl (C=O) groups excluding carboxylic acids is 1. The van der Waals surface area contributed by atoms with E-state index in [0.717, 1.165) is 0 Å². The van der Waals surface area contributed by atoms with Crippen molar-refractivity contribution in [3.05, 3.63) is 53.6 Å². The fourth-order valence-electron chi connectivity index (χ4n) is 1.90. The van der Waals surface area contributed by atoms with Crippen molar-refractivity contribution >= 4 is 11.9 Å². The molecule has 0 unspecified atom stereocenters. The molecule has 0 radical (unpaired) electrons. The van der Waals surface area contributed by atoms with E-state index in [4.69, 9.17) is 9.47 Å². The Labute approximate surface area is 128 Å². The third-order valence-electron chi connectivity index (χ3n) is 3.09. The van der Waals surface area contributed by atoms with Crippen LogP contribution in [0.2, 0.25) is 0 Å². The lowest BCUT2D eigenvalue weighted by molar-refractivity contribution is 0.104. The Bertz CT molecular complexity index is 719. The third kappa shape index (κ3) is 3.38. The summed E-state index contributed by atoms with van der Waals surface area (Å²) in [6.07, 6.45) is 2.94. The molecular formula is C17H16O5. The molecule has 22 heavy (non-hydrogen) atoms. The number of phenols is 2. The van der Waals surface area contributed by atoms with Crippen LogP contribution in [0.4, 0.5) is 0 Å². The van der Waals surface area contributed by atoms with Crippen LogP contribution < -0.4 is 9.47 Å². The van der Waals surface area contributed by atoms with Crippen LogP contribution in [0, 0.1) is 0 Å². The molecule has 0 saturated carbocycles. The van der Waals surface area contributed by atoms with Crippen LogP contribution >= 0.6 is 0 Å². The molecule has 2 aromatic rings. The summed E-state index contributed by atoms with van der Waals surface area (Å²) < 4.78 is 10.3. The van der Waals surface area contributed by atoms with Crippen LogP contribution in [0.5, 0.6) is 23.0 Å². The van der Waals surface area contributed by atoms with Crippen LogP contribution in [0.3, 0.4) is 0 Å². The zero-order valence-corrected chi connectivity index (χ0v) is 12.2. The molecule has 2 N–H and O–H groups in total. The first-order chi connectivity index (χ1) is 10.5. The Hall–Kier alpha value is -2.95. The zero-order valence-electron chi connectivity index (χ0n) is 12.2. The van der Waals surface area contributed by atoms with Crippen LogP contribution in [-0.4, -0.2) is 30.2 Å². The second kappa shape index (κ2) is 6.67. The molecule has 0 aromatic heterocycles. The second-order valence-corrected chi connectivity index (χ2v) is 4.52. The fourth-order valence-corrected chi connectivity index (χ4v) is 1.90. The van der Waals surface area contributed by atoms with Gasteiger partial charge in [0.2, 0.25) is 0 Å². The Morgan fingerprint density at radius 2 is 1.68 bits per heavy atom. The van der Waals surface area contributed by atoms with E-state index in [0.29, 0.717) is 22.6 Å². The number of ketones is 1. The van der Waals surface area contributed by atoms with Crippen molar-refractivity contribution in [3.63, 3.8) is 0 Å². The second-order valence-electron chi connectivity index (χ2n) is 4.52. The largest absolute Gasteiger partial charge is 0.504 e. The van der Waals surface area contributed by atoms with Crippen molar-refractivity contribution in [3.8, 4) is 23.0 Å². The summed E-state index contributed by atoms with van der Waals surface area (Å²) in [4.78, 5) is 12.1. The van der Waals surface area contributed by atoms with Crippen molar-refractivity contribution in [1.29, 1.82) is 0 Å². The first kappa shape index (κ1) is 15.4. The van der Waals surface area contributed by atoms with Gasteiger partial charge in [-0.15, -0.1) is 0 Å². The van der Waals surface area contributed by atoms with E-state index in [-0.39, 0.29) is 17.3 Å². The summed E-state index contributed by atoms with van der Waals surface area (Å²) in [6.45, 7) is 0. The smallest absolute Gasteiger partial charge is 0.185 e. The van der Waals surface area contributed by atoms with Gasteiger partial charge in [0.1, 0.15) is 0 Å². The molecule has 0 bridgehead atoms. The summed E-state index contributed by atoms with van der Waals surface area (Å²) in [5.74, 6) is 0.369. The molecule has 2 rings (SSSR count). The standard InChI is InChI=1S/C17H16O5/c1-21-16-8-5-12(10-17(16)22-2)13(18)6-3-11-4-7-14(19)15(20)9-11/h3-10,19-20H,1-2H3/b6-3+. The molecule has 2 aromatic carbocycles. The minimum atomic E-state index is -0.235. The summed E-state index contributed by atoms with van der Waals surface area (Å²) in [5, 5.41) is 18.6. The highest BCUT2D eigenvalue weighted by Crippen LogP contribution is 2.28. The molecule has 0 atom stereocenters. The molecule has 0 saturated heterocycles. The van der Waals surface area contributed by atoms with Gasteiger partial charge in [0.15, 0.2) is 28.8 Å². The molecule has 5 nitrogen and oxygen atoms in total. The van der Waals surface area contributed by atoms with Crippen molar-refractivity contribution in [2.45, 2.75) is 0 Å². The number of hydrogen-bond acceptors (Lipinski definition) is 5. The van der Waals surface area contributed by atoms with Gasteiger partial charge < -0.3 is 19.7 Å². The number of allylic oxidation sites excluding steroid dienone is 1. The molecule has 0 aliphatic rings. The summed E-state index contributed by atoms with van der Waals surface area (Å²) in [5.41, 5.74) is 1.06. The number of phenolic OH excluding ortho intramolecular Hbond substituents is 2. The predicted octanol–water partition coefficient (Wildman–Crippen LogP) is 3.01. The topological polar surface area (TPSA) is 76.0 Å². The van der Waals surface area contributed by atoms with Gasteiger partial charge in [-0.25, -0.2) is 0 Å². The highest BCUT2D eigenvalue weighted by molar-refractivity contribution is 6.07. The molecule has 0 aliphatic heterocycles. The van der Waals surface area contributed by atoms with E-state index in [1.807, 2.05) is 0 Å². The number of methoxy groups -OCH3 is 2. The number of aromatic hydroxyl groups is 2. The highest BCUT2D eigenvalue weighted by atomic mass is 16.5. The highest BCUT2D eigenvalue weighted by Gasteiger charge is 2.08. The van der Waals surface area contributed by atoms with E-state index in [2.05, 4.69) is 0 Å². The van der Waals surface area contributed by atoms with Gasteiger partial charge in [-0.3, -0.25) is 4.79 Å². The summed E-state index contributed by atoms with van der Waals surface area (Å²) in [7, 11) is 3.03. The monoisotopic (exact) mass is 300 g/mol. The summed E-state index contributed by atoms with van der Waals surface area (Å²) in [6, 6.07) is 9.21. The summed E-state index contributed by atoms with van der Waals surface area (Å²) >= 11 is 0. The van der Waals surface area contributed by atoms with Gasteiger partial charge in [-0.1, -0.05) is 12.1 Å². The number of benzene rings is 2. The maximum absolute atomic E-state index is 12.1. The van der Waals surface area contributed by atoms with E-state index in [1.165, 1.54) is 32.4 Å². The maximum atomic E-state index is 12.1. The van der Waals surface area contributed by atoms with E-state index < -0.39 is 0 Å². The fraction of sp³-hybridized carbons (Fsp3) is 0.118. The lowest BCUT2D eigenvalue weighted by Crippen LogP contribution is -1.97. The van der Waals surface area contributed by atoms with Crippen LogP contribution in [0.1, 0.15) is 15.9 Å². The SMILES string of the molecule is COc1ccc(C(=O)/C=C/c2ccc(O)c(O)c2)cc1OC. The number of carbonyl (C=O) groups is 1. The molecule has 5 heteroatoms. The number of hydrogen-bond donors (Lipinski definition) is 2. The van der Waals surface area contributed by atoms with Crippen LogP contribution in [0.15, 0.2) is 42.5 Å². The Morgan fingerprint density at radius 1 is 0.955 bits per heavy atom. The lowest BCUT2D eigenvalue weighted by Gasteiger charge is -2.08. The van der Waals surface area contributed by atoms with Crippen LogP contribution in [-0.2, 0) is 0 Å². The Morgan fingerprint density at radius 3 is 2.32 bits per heavy atom. The van der Waals surface area contributed by atoms with E-state index in [1.54, 1.807) is 30.3 Å². The molecule has 0 fully saturated rings. The van der Waals surface area contributed by atoms with Crippen LogP contribution in [0.25, 0.3) is 6.08 Å². The average molecular weight is 300 g/mol. The zero-order chi connectivity index (χ0) is 16.1. The Kier molecular flexibility index (Phi) is 4.68. The normalized spacial score (nSPS) is 10.6. The van der Waals surface area contributed by atoms with Crippen molar-refractivity contribution < 1.29 is 24.5 Å². The van der Waals surface area contributed by atoms with Gasteiger partial charge >= 0.3 is 0 Å². The maximum Gasteiger partial charge on any atom is 0.185 e. The van der Waals surface area contributed by atoms with Gasteiger partial charge in [0.05, 0.1) is 14.2 Å². The van der Waals surface area contributed by atoms with E-state index in [9.17, 15) is 15.0 Å². The Balaban J connectivity index is 2.21. The minimum absolute atomic E-state index is 0.205.